The zero-order valence-electron chi connectivity index (χ0n) is 10.00. The summed E-state index contributed by atoms with van der Waals surface area (Å²) in [6, 6.07) is 0. The van der Waals surface area contributed by atoms with Crippen molar-refractivity contribution in [3.63, 3.8) is 0 Å². The van der Waals surface area contributed by atoms with E-state index in [1.807, 2.05) is 0 Å². The molecule has 2 rings (SSSR count). The van der Waals surface area contributed by atoms with Crippen LogP contribution in [0, 0.1) is 12.3 Å². The van der Waals surface area contributed by atoms with Gasteiger partial charge in [0, 0.05) is 13.0 Å². The van der Waals surface area contributed by atoms with E-state index in [9.17, 15) is 9.59 Å². The van der Waals surface area contributed by atoms with Crippen LogP contribution in [0.4, 0.5) is 0 Å². The summed E-state index contributed by atoms with van der Waals surface area (Å²) in [5.41, 5.74) is -0.664. The summed E-state index contributed by atoms with van der Waals surface area (Å²) in [4.78, 5) is 25.8. The summed E-state index contributed by atoms with van der Waals surface area (Å²) in [6.45, 7) is 0.742. The van der Waals surface area contributed by atoms with Gasteiger partial charge in [-0.25, -0.2) is 0 Å². The standard InChI is InChI=1S/C13H18N2O2/c1-2-9-15-10-6-11(16)14-13(12(15)17)7-4-3-5-8-13/h1H,3-10H2,(H,14,16). The third-order valence-corrected chi connectivity index (χ3v) is 3.67. The number of hydrogen-bond donors (Lipinski definition) is 1. The average molecular weight is 234 g/mol. The van der Waals surface area contributed by atoms with Crippen LogP contribution in [0.15, 0.2) is 0 Å². The SMILES string of the molecule is C#CCN1CCC(=O)NC2(CCCCC2)C1=O. The highest BCUT2D eigenvalue weighted by atomic mass is 16.2. The topological polar surface area (TPSA) is 49.4 Å². The highest BCUT2D eigenvalue weighted by Gasteiger charge is 2.44. The molecule has 0 aromatic carbocycles. The van der Waals surface area contributed by atoms with Crippen molar-refractivity contribution in [3.05, 3.63) is 0 Å². The lowest BCUT2D eigenvalue weighted by Crippen LogP contribution is -2.58. The molecule has 1 aliphatic carbocycles. The molecule has 2 fully saturated rings. The van der Waals surface area contributed by atoms with Crippen molar-refractivity contribution < 1.29 is 9.59 Å². The lowest BCUT2D eigenvalue weighted by molar-refractivity contribution is -0.139. The Kier molecular flexibility index (Phi) is 3.37. The first-order chi connectivity index (χ1) is 8.18. The van der Waals surface area contributed by atoms with Crippen LogP contribution in [0.25, 0.3) is 0 Å². The van der Waals surface area contributed by atoms with Gasteiger partial charge in [0.2, 0.25) is 11.8 Å². The van der Waals surface area contributed by atoms with Gasteiger partial charge in [-0.1, -0.05) is 25.2 Å². The van der Waals surface area contributed by atoms with Crippen molar-refractivity contribution in [2.45, 2.75) is 44.1 Å². The van der Waals surface area contributed by atoms with E-state index in [1.165, 1.54) is 0 Å². The number of amides is 2. The van der Waals surface area contributed by atoms with Crippen LogP contribution in [-0.4, -0.2) is 35.3 Å². The minimum Gasteiger partial charge on any atom is -0.342 e. The zero-order chi connectivity index (χ0) is 12.3. The molecular formula is C13H18N2O2. The van der Waals surface area contributed by atoms with Gasteiger partial charge in [0.25, 0.3) is 0 Å². The number of carbonyl (C=O) groups is 2. The van der Waals surface area contributed by atoms with Gasteiger partial charge >= 0.3 is 0 Å². The highest BCUT2D eigenvalue weighted by molar-refractivity contribution is 5.93. The number of hydrogen-bond acceptors (Lipinski definition) is 2. The summed E-state index contributed by atoms with van der Waals surface area (Å²) in [7, 11) is 0. The first-order valence-electron chi connectivity index (χ1n) is 6.22. The van der Waals surface area contributed by atoms with Crippen LogP contribution < -0.4 is 5.32 Å². The molecule has 0 bridgehead atoms. The van der Waals surface area contributed by atoms with Gasteiger partial charge in [0.15, 0.2) is 0 Å². The number of terminal acetylenes is 1. The molecule has 2 aliphatic rings. The Morgan fingerprint density at radius 3 is 2.65 bits per heavy atom. The van der Waals surface area contributed by atoms with Crippen LogP contribution >= 0.6 is 0 Å². The van der Waals surface area contributed by atoms with Crippen molar-refractivity contribution in [1.29, 1.82) is 0 Å². The zero-order valence-corrected chi connectivity index (χ0v) is 10.00. The molecule has 1 heterocycles. The molecule has 4 nitrogen and oxygen atoms in total. The number of rotatable bonds is 1. The van der Waals surface area contributed by atoms with Gasteiger partial charge in [-0.15, -0.1) is 6.42 Å². The van der Waals surface area contributed by atoms with Crippen LogP contribution in [0.2, 0.25) is 0 Å². The Morgan fingerprint density at radius 2 is 2.00 bits per heavy atom. The molecule has 1 saturated heterocycles. The highest BCUT2D eigenvalue weighted by Crippen LogP contribution is 2.31. The van der Waals surface area contributed by atoms with Gasteiger partial charge in [-0.05, 0) is 12.8 Å². The number of nitrogens with zero attached hydrogens (tertiary/aromatic N) is 1. The van der Waals surface area contributed by atoms with Crippen LogP contribution in [0.3, 0.4) is 0 Å². The van der Waals surface area contributed by atoms with Crippen molar-refractivity contribution in [1.82, 2.24) is 10.2 Å². The lowest BCUT2D eigenvalue weighted by atomic mass is 9.80. The van der Waals surface area contributed by atoms with E-state index in [2.05, 4.69) is 11.2 Å². The first-order valence-corrected chi connectivity index (χ1v) is 6.22. The molecule has 2 amide bonds. The van der Waals surface area contributed by atoms with E-state index in [1.54, 1.807) is 4.90 Å². The minimum absolute atomic E-state index is 0.0148. The molecule has 0 unspecified atom stereocenters. The summed E-state index contributed by atoms with van der Waals surface area (Å²) in [5, 5.41) is 2.93. The second kappa shape index (κ2) is 4.79. The summed E-state index contributed by atoms with van der Waals surface area (Å²) in [5.74, 6) is 2.49. The van der Waals surface area contributed by atoms with Crippen LogP contribution in [-0.2, 0) is 9.59 Å². The Balaban J connectivity index is 2.24. The van der Waals surface area contributed by atoms with E-state index in [0.717, 1.165) is 32.1 Å². The summed E-state index contributed by atoms with van der Waals surface area (Å²) < 4.78 is 0. The minimum atomic E-state index is -0.664. The van der Waals surface area contributed by atoms with Crippen LogP contribution in [0.1, 0.15) is 38.5 Å². The third kappa shape index (κ3) is 2.28. The molecule has 0 aromatic rings. The maximum absolute atomic E-state index is 12.5. The van der Waals surface area contributed by atoms with Crippen LogP contribution in [0.5, 0.6) is 0 Å². The second-order valence-electron chi connectivity index (χ2n) is 4.87. The number of nitrogens with one attached hydrogen (secondary N) is 1. The van der Waals surface area contributed by atoms with E-state index < -0.39 is 5.54 Å². The van der Waals surface area contributed by atoms with E-state index >= 15 is 0 Å². The van der Waals surface area contributed by atoms with Crippen molar-refractivity contribution >= 4 is 11.8 Å². The fourth-order valence-electron chi connectivity index (χ4n) is 2.78. The maximum atomic E-state index is 12.5. The largest absolute Gasteiger partial charge is 0.342 e. The number of carbonyl (C=O) groups excluding carboxylic acids is 2. The Hall–Kier alpha value is -1.50. The molecule has 92 valence electrons. The average Bonchev–Trinajstić information content (AvgIpc) is 2.43. The molecule has 0 aromatic heterocycles. The molecule has 1 saturated carbocycles. The van der Waals surface area contributed by atoms with E-state index in [4.69, 9.17) is 6.42 Å². The molecular weight excluding hydrogens is 216 g/mol. The Morgan fingerprint density at radius 1 is 1.29 bits per heavy atom. The monoisotopic (exact) mass is 234 g/mol. The fraction of sp³-hybridized carbons (Fsp3) is 0.692. The summed E-state index contributed by atoms with van der Waals surface area (Å²) in [6.07, 6.45) is 10.3. The van der Waals surface area contributed by atoms with Crippen molar-refractivity contribution in [2.75, 3.05) is 13.1 Å². The molecule has 4 heteroatoms. The lowest BCUT2D eigenvalue weighted by Gasteiger charge is -2.37. The smallest absolute Gasteiger partial charge is 0.249 e. The molecule has 0 atom stereocenters. The van der Waals surface area contributed by atoms with Crippen molar-refractivity contribution in [3.8, 4) is 12.3 Å². The first kappa shape index (κ1) is 12.0. The molecule has 1 aliphatic heterocycles. The van der Waals surface area contributed by atoms with Gasteiger partial charge in [-0.2, -0.15) is 0 Å². The Labute approximate surface area is 102 Å². The fourth-order valence-corrected chi connectivity index (χ4v) is 2.78. The quantitative estimate of drug-likeness (QED) is 0.678. The predicted molar refractivity (Wildman–Crippen MR) is 64.0 cm³/mol. The van der Waals surface area contributed by atoms with Gasteiger partial charge in [0.05, 0.1) is 6.54 Å². The van der Waals surface area contributed by atoms with Crippen molar-refractivity contribution in [2.24, 2.45) is 0 Å². The molecule has 1 spiro atoms. The predicted octanol–water partition coefficient (Wildman–Crippen LogP) is 0.671. The van der Waals surface area contributed by atoms with E-state index in [-0.39, 0.29) is 11.8 Å². The second-order valence-corrected chi connectivity index (χ2v) is 4.87. The van der Waals surface area contributed by atoms with Gasteiger partial charge < -0.3 is 10.2 Å². The Bertz CT molecular complexity index is 364. The summed E-state index contributed by atoms with van der Waals surface area (Å²) >= 11 is 0. The molecule has 17 heavy (non-hydrogen) atoms. The molecule has 1 N–H and O–H groups in total. The third-order valence-electron chi connectivity index (χ3n) is 3.67. The normalized spacial score (nSPS) is 24.1. The molecule has 0 radical (unpaired) electrons. The van der Waals surface area contributed by atoms with Gasteiger partial charge in [-0.3, -0.25) is 9.59 Å². The van der Waals surface area contributed by atoms with Gasteiger partial charge in [0.1, 0.15) is 5.54 Å². The maximum Gasteiger partial charge on any atom is 0.249 e. The van der Waals surface area contributed by atoms with E-state index in [0.29, 0.717) is 19.5 Å².